The van der Waals surface area contributed by atoms with Crippen LogP contribution in [0.25, 0.3) is 0 Å². The number of pyridine rings is 1. The summed E-state index contributed by atoms with van der Waals surface area (Å²) in [5.74, 6) is -0.244. The molecular weight excluding hydrogens is 503 g/mol. The van der Waals surface area contributed by atoms with Crippen LogP contribution in [0.1, 0.15) is 41.9 Å². The highest BCUT2D eigenvalue weighted by molar-refractivity contribution is 7.89. The fourth-order valence-corrected chi connectivity index (χ4v) is 6.96. The number of nitrogens with one attached hydrogen (secondary N) is 2. The van der Waals surface area contributed by atoms with Crippen LogP contribution in [0.4, 0.5) is 4.39 Å². The van der Waals surface area contributed by atoms with Gasteiger partial charge in [0.05, 0.1) is 11.4 Å². The van der Waals surface area contributed by atoms with Crippen LogP contribution in [0.2, 0.25) is 0 Å². The molecule has 200 valence electrons. The van der Waals surface area contributed by atoms with E-state index >= 15 is 0 Å². The Morgan fingerprint density at radius 3 is 2.55 bits per heavy atom. The molecule has 2 aliphatic rings. The molecule has 2 aromatic carbocycles. The summed E-state index contributed by atoms with van der Waals surface area (Å²) >= 11 is 0. The van der Waals surface area contributed by atoms with E-state index in [0.717, 1.165) is 23.1 Å². The van der Waals surface area contributed by atoms with Crippen LogP contribution in [0.5, 0.6) is 0 Å². The number of piperidine rings is 1. The Morgan fingerprint density at radius 2 is 1.82 bits per heavy atom. The van der Waals surface area contributed by atoms with Crippen LogP contribution in [-0.4, -0.2) is 55.9 Å². The van der Waals surface area contributed by atoms with Crippen LogP contribution in [0.15, 0.2) is 78.0 Å². The van der Waals surface area contributed by atoms with Crippen molar-refractivity contribution in [3.05, 3.63) is 95.6 Å². The lowest BCUT2D eigenvalue weighted by Gasteiger charge is -2.36. The van der Waals surface area contributed by atoms with Crippen molar-refractivity contribution in [2.75, 3.05) is 19.6 Å². The van der Waals surface area contributed by atoms with Gasteiger partial charge >= 0.3 is 0 Å². The second-order valence-electron chi connectivity index (χ2n) is 10.2. The van der Waals surface area contributed by atoms with Gasteiger partial charge < -0.3 is 5.32 Å². The summed E-state index contributed by atoms with van der Waals surface area (Å²) in [6.45, 7) is 1.55. The number of sulfonamides is 1. The zero-order chi connectivity index (χ0) is 26.5. The Bertz CT molecular complexity index is 1350. The standard InChI is InChI=1S/C29H33FN4O3S/c30-23-9-10-26-22(18-23)8-11-28(27(26)17-21-5-4-14-31-19-21)32-29(35)20-34-15-12-24(13-16-34)33-38(36,37)25-6-2-1-3-7-25/h1-7,9-10,14,18-19,24,27-28,33H,8,11-13,15-17,20H2,(H,32,35)/t27-,28+/m0/s1. The molecule has 2 N–H and O–H groups in total. The number of hydrogen-bond donors (Lipinski definition) is 2. The predicted molar refractivity (Wildman–Crippen MR) is 144 cm³/mol. The second-order valence-corrected chi connectivity index (χ2v) is 11.9. The molecule has 1 aromatic heterocycles. The minimum Gasteiger partial charge on any atom is -0.352 e. The Labute approximate surface area is 223 Å². The van der Waals surface area contributed by atoms with Gasteiger partial charge in [0.15, 0.2) is 0 Å². The molecule has 2 heterocycles. The van der Waals surface area contributed by atoms with Gasteiger partial charge in [-0.1, -0.05) is 30.3 Å². The van der Waals surface area contributed by atoms with Gasteiger partial charge in [0.1, 0.15) is 5.82 Å². The fraction of sp³-hybridized carbons (Fsp3) is 0.379. The molecule has 2 atom stereocenters. The average molecular weight is 537 g/mol. The number of amides is 1. The van der Waals surface area contributed by atoms with E-state index in [9.17, 15) is 17.6 Å². The average Bonchev–Trinajstić information content (AvgIpc) is 2.92. The third-order valence-corrected chi connectivity index (χ3v) is 9.11. The van der Waals surface area contributed by atoms with Crippen molar-refractivity contribution in [2.45, 2.75) is 55.0 Å². The van der Waals surface area contributed by atoms with Gasteiger partial charge in [-0.25, -0.2) is 17.5 Å². The molecule has 0 saturated carbocycles. The maximum absolute atomic E-state index is 13.9. The number of hydrogen-bond acceptors (Lipinski definition) is 5. The largest absolute Gasteiger partial charge is 0.352 e. The summed E-state index contributed by atoms with van der Waals surface area (Å²) in [6, 6.07) is 17.1. The number of carbonyl (C=O) groups is 1. The molecule has 1 fully saturated rings. The zero-order valence-electron chi connectivity index (χ0n) is 21.2. The van der Waals surface area contributed by atoms with E-state index in [1.54, 1.807) is 42.6 Å². The maximum atomic E-state index is 13.9. The Balaban J connectivity index is 1.18. The normalized spacial score (nSPS) is 20.6. The molecule has 1 amide bonds. The van der Waals surface area contributed by atoms with E-state index in [4.69, 9.17) is 0 Å². The van der Waals surface area contributed by atoms with Crippen molar-refractivity contribution in [3.8, 4) is 0 Å². The lowest BCUT2D eigenvalue weighted by Crippen LogP contribution is -2.50. The molecule has 0 spiro atoms. The van der Waals surface area contributed by atoms with Crippen LogP contribution < -0.4 is 10.0 Å². The molecule has 1 aliphatic carbocycles. The molecule has 0 unspecified atom stereocenters. The molecule has 1 aliphatic heterocycles. The van der Waals surface area contributed by atoms with Crippen molar-refractivity contribution in [3.63, 3.8) is 0 Å². The van der Waals surface area contributed by atoms with Crippen LogP contribution >= 0.6 is 0 Å². The monoisotopic (exact) mass is 536 g/mol. The first-order valence-corrected chi connectivity index (χ1v) is 14.6. The summed E-state index contributed by atoms with van der Waals surface area (Å²) in [4.78, 5) is 19.7. The quantitative estimate of drug-likeness (QED) is 0.461. The number of carbonyl (C=O) groups excluding carboxylic acids is 1. The molecular formula is C29H33FN4O3S. The van der Waals surface area contributed by atoms with Gasteiger partial charge in [0.2, 0.25) is 15.9 Å². The summed E-state index contributed by atoms with van der Waals surface area (Å²) in [5.41, 5.74) is 3.16. The molecule has 0 radical (unpaired) electrons. The van der Waals surface area contributed by atoms with Crippen molar-refractivity contribution in [1.82, 2.24) is 19.9 Å². The number of aromatic nitrogens is 1. The number of nitrogens with zero attached hydrogens (tertiary/aromatic N) is 2. The van der Waals surface area contributed by atoms with Gasteiger partial charge in [-0.2, -0.15) is 0 Å². The van der Waals surface area contributed by atoms with E-state index in [2.05, 4.69) is 19.9 Å². The zero-order valence-corrected chi connectivity index (χ0v) is 22.0. The number of benzene rings is 2. The number of rotatable bonds is 8. The lowest BCUT2D eigenvalue weighted by atomic mass is 9.76. The minimum atomic E-state index is -3.55. The number of halogens is 1. The van der Waals surface area contributed by atoms with Crippen LogP contribution in [-0.2, 0) is 27.7 Å². The van der Waals surface area contributed by atoms with Gasteiger partial charge in [-0.3, -0.25) is 14.7 Å². The summed E-state index contributed by atoms with van der Waals surface area (Å²) in [5, 5.41) is 3.26. The fourth-order valence-electron chi connectivity index (χ4n) is 5.63. The van der Waals surface area contributed by atoms with Crippen molar-refractivity contribution >= 4 is 15.9 Å². The molecule has 5 rings (SSSR count). The van der Waals surface area contributed by atoms with Crippen LogP contribution in [0.3, 0.4) is 0 Å². The van der Waals surface area contributed by atoms with E-state index in [1.165, 1.54) is 6.07 Å². The first-order chi connectivity index (χ1) is 18.4. The summed E-state index contributed by atoms with van der Waals surface area (Å²) in [6.07, 6.45) is 7.04. The van der Waals surface area contributed by atoms with Crippen molar-refractivity contribution in [1.29, 1.82) is 0 Å². The summed E-state index contributed by atoms with van der Waals surface area (Å²) < 4.78 is 42.0. The molecule has 9 heteroatoms. The van der Waals surface area contributed by atoms with E-state index in [0.29, 0.717) is 38.8 Å². The Hall–Kier alpha value is -3.14. The van der Waals surface area contributed by atoms with E-state index in [1.807, 2.05) is 24.4 Å². The highest BCUT2D eigenvalue weighted by Gasteiger charge is 2.32. The third-order valence-electron chi connectivity index (χ3n) is 7.57. The molecule has 1 saturated heterocycles. The highest BCUT2D eigenvalue weighted by atomic mass is 32.2. The van der Waals surface area contributed by atoms with Gasteiger partial charge in [0.25, 0.3) is 0 Å². The molecule has 7 nitrogen and oxygen atoms in total. The van der Waals surface area contributed by atoms with Crippen LogP contribution in [0, 0.1) is 5.82 Å². The highest BCUT2D eigenvalue weighted by Crippen LogP contribution is 2.35. The Kier molecular flexibility index (Phi) is 8.16. The topological polar surface area (TPSA) is 91.4 Å². The molecule has 38 heavy (non-hydrogen) atoms. The minimum absolute atomic E-state index is 0.0330. The van der Waals surface area contributed by atoms with Gasteiger partial charge in [0, 0.05) is 43.5 Å². The first kappa shape index (κ1) is 26.5. The first-order valence-electron chi connectivity index (χ1n) is 13.1. The maximum Gasteiger partial charge on any atom is 0.240 e. The number of fused-ring (bicyclic) bond motifs is 1. The van der Waals surface area contributed by atoms with Gasteiger partial charge in [-0.05, 0) is 79.1 Å². The Morgan fingerprint density at radius 1 is 1.03 bits per heavy atom. The SMILES string of the molecule is O=C(CN1CCC(NS(=O)(=O)c2ccccc2)CC1)N[C@@H]1CCc2cc(F)ccc2[C@@H]1Cc1cccnc1. The molecule has 0 bridgehead atoms. The van der Waals surface area contributed by atoms with Gasteiger partial charge in [-0.15, -0.1) is 0 Å². The van der Waals surface area contributed by atoms with Crippen molar-refractivity contribution in [2.24, 2.45) is 0 Å². The third kappa shape index (κ3) is 6.46. The summed E-state index contributed by atoms with van der Waals surface area (Å²) in [7, 11) is -3.55. The van der Waals surface area contributed by atoms with E-state index in [-0.39, 0.29) is 41.2 Å². The smallest absolute Gasteiger partial charge is 0.240 e. The lowest BCUT2D eigenvalue weighted by molar-refractivity contribution is -0.123. The van der Waals surface area contributed by atoms with E-state index < -0.39 is 10.0 Å². The molecule has 3 aromatic rings. The van der Waals surface area contributed by atoms with Crippen molar-refractivity contribution < 1.29 is 17.6 Å². The number of likely N-dealkylation sites (tertiary alicyclic amines) is 1. The number of aryl methyl sites for hydroxylation is 1. The second kappa shape index (κ2) is 11.7. The predicted octanol–water partition coefficient (Wildman–Crippen LogP) is 3.42.